The van der Waals surface area contributed by atoms with Crippen LogP contribution in [0.25, 0.3) is 0 Å². The van der Waals surface area contributed by atoms with Crippen molar-refractivity contribution in [3.05, 3.63) is 71.0 Å². The van der Waals surface area contributed by atoms with Crippen molar-refractivity contribution in [2.45, 2.75) is 4.90 Å². The van der Waals surface area contributed by atoms with Gasteiger partial charge < -0.3 is 5.32 Å². The van der Waals surface area contributed by atoms with Crippen LogP contribution in [0.3, 0.4) is 0 Å². The molecular formula is C16H14BrFN2O3S. The molecule has 1 amide bonds. The zero-order valence-electron chi connectivity index (χ0n) is 12.4. The lowest BCUT2D eigenvalue weighted by atomic mass is 10.2. The molecule has 126 valence electrons. The molecule has 2 N–H and O–H groups in total. The van der Waals surface area contributed by atoms with E-state index >= 15 is 0 Å². The minimum absolute atomic E-state index is 0.00623. The molecule has 0 unspecified atom stereocenters. The van der Waals surface area contributed by atoms with E-state index in [2.05, 4.69) is 32.5 Å². The Kier molecular flexibility index (Phi) is 5.74. The van der Waals surface area contributed by atoms with Crippen LogP contribution in [-0.2, 0) is 10.0 Å². The number of hydrogen-bond donors (Lipinski definition) is 2. The number of anilines is 1. The van der Waals surface area contributed by atoms with Crippen molar-refractivity contribution >= 4 is 37.5 Å². The van der Waals surface area contributed by atoms with Gasteiger partial charge in [0.2, 0.25) is 0 Å². The minimum Gasteiger partial charge on any atom is -0.347 e. The number of sulfonamides is 1. The Balaban J connectivity index is 2.12. The van der Waals surface area contributed by atoms with Gasteiger partial charge in [-0.25, -0.2) is 12.8 Å². The maximum absolute atomic E-state index is 12.9. The fourth-order valence-corrected chi connectivity index (χ4v) is 2.99. The van der Waals surface area contributed by atoms with E-state index in [-0.39, 0.29) is 23.0 Å². The first-order valence-corrected chi connectivity index (χ1v) is 9.05. The molecule has 2 aromatic carbocycles. The second-order valence-electron chi connectivity index (χ2n) is 4.84. The Bertz CT molecular complexity index is 850. The second-order valence-corrected chi connectivity index (χ2v) is 7.64. The normalized spacial score (nSPS) is 10.9. The first-order valence-electron chi connectivity index (χ1n) is 6.78. The molecule has 0 spiro atoms. The highest BCUT2D eigenvalue weighted by Crippen LogP contribution is 2.17. The van der Waals surface area contributed by atoms with Gasteiger partial charge in [0.15, 0.2) is 0 Å². The number of benzene rings is 2. The van der Waals surface area contributed by atoms with Crippen LogP contribution in [0.15, 0.2) is 64.5 Å². The first kappa shape index (κ1) is 18.2. The van der Waals surface area contributed by atoms with Gasteiger partial charge in [0, 0.05) is 22.3 Å². The Hall–Kier alpha value is -2.19. The fraction of sp³-hybridized carbons (Fsp3) is 0.0625. The molecule has 0 aliphatic rings. The molecule has 2 aromatic rings. The van der Waals surface area contributed by atoms with E-state index in [0.717, 1.165) is 12.1 Å². The van der Waals surface area contributed by atoms with Crippen molar-refractivity contribution in [2.24, 2.45) is 0 Å². The van der Waals surface area contributed by atoms with Crippen molar-refractivity contribution in [3.8, 4) is 0 Å². The molecule has 0 aromatic heterocycles. The Morgan fingerprint density at radius 3 is 2.21 bits per heavy atom. The molecule has 0 radical (unpaired) electrons. The van der Waals surface area contributed by atoms with Crippen LogP contribution in [0.1, 0.15) is 10.4 Å². The highest BCUT2D eigenvalue weighted by Gasteiger charge is 2.15. The standard InChI is InChI=1S/C16H14BrFN2O3S/c1-11(17)10-19-16(21)12-2-8-15(9-3-12)24(22,23)20-14-6-4-13(18)5-7-14/h2-9,20H,1,10H2,(H,19,21). The zero-order valence-corrected chi connectivity index (χ0v) is 14.8. The fourth-order valence-electron chi connectivity index (χ4n) is 1.80. The summed E-state index contributed by atoms with van der Waals surface area (Å²) in [4.78, 5) is 11.9. The van der Waals surface area contributed by atoms with Crippen LogP contribution in [0, 0.1) is 5.82 Å². The maximum atomic E-state index is 12.9. The lowest BCUT2D eigenvalue weighted by molar-refractivity contribution is 0.0957. The topological polar surface area (TPSA) is 75.3 Å². The number of amides is 1. The summed E-state index contributed by atoms with van der Waals surface area (Å²) >= 11 is 3.13. The van der Waals surface area contributed by atoms with E-state index in [0.29, 0.717) is 10.0 Å². The highest BCUT2D eigenvalue weighted by molar-refractivity contribution is 9.11. The van der Waals surface area contributed by atoms with Gasteiger partial charge in [0.25, 0.3) is 15.9 Å². The number of rotatable bonds is 6. The van der Waals surface area contributed by atoms with E-state index in [1.54, 1.807) is 0 Å². The van der Waals surface area contributed by atoms with E-state index in [1.807, 2.05) is 0 Å². The molecule has 8 heteroatoms. The average Bonchev–Trinajstić information content (AvgIpc) is 2.54. The maximum Gasteiger partial charge on any atom is 0.261 e. The Labute approximate surface area is 147 Å². The van der Waals surface area contributed by atoms with Crippen LogP contribution in [0.4, 0.5) is 10.1 Å². The molecule has 0 saturated carbocycles. The van der Waals surface area contributed by atoms with E-state index in [9.17, 15) is 17.6 Å². The van der Waals surface area contributed by atoms with Crippen molar-refractivity contribution in [1.29, 1.82) is 0 Å². The quantitative estimate of drug-likeness (QED) is 0.764. The summed E-state index contributed by atoms with van der Waals surface area (Å²) in [6, 6.07) is 10.4. The monoisotopic (exact) mass is 412 g/mol. The molecular weight excluding hydrogens is 399 g/mol. The van der Waals surface area contributed by atoms with Crippen molar-refractivity contribution in [2.75, 3.05) is 11.3 Å². The summed E-state index contributed by atoms with van der Waals surface area (Å²) < 4.78 is 40.3. The van der Waals surface area contributed by atoms with Crippen LogP contribution in [0.5, 0.6) is 0 Å². The molecule has 2 rings (SSSR count). The van der Waals surface area contributed by atoms with Gasteiger partial charge in [-0.1, -0.05) is 22.5 Å². The second kappa shape index (κ2) is 7.59. The largest absolute Gasteiger partial charge is 0.347 e. The number of carbonyl (C=O) groups is 1. The SMILES string of the molecule is C=C(Br)CNC(=O)c1ccc(S(=O)(=O)Nc2ccc(F)cc2)cc1. The molecule has 0 fully saturated rings. The van der Waals surface area contributed by atoms with Crippen LogP contribution in [-0.4, -0.2) is 20.9 Å². The van der Waals surface area contributed by atoms with Gasteiger partial charge in [-0.3, -0.25) is 9.52 Å². The third kappa shape index (κ3) is 4.90. The molecule has 0 atom stereocenters. The number of halogens is 2. The summed E-state index contributed by atoms with van der Waals surface area (Å²) in [5, 5.41) is 2.62. The lowest BCUT2D eigenvalue weighted by Crippen LogP contribution is -2.24. The molecule has 0 saturated heterocycles. The van der Waals surface area contributed by atoms with E-state index in [1.165, 1.54) is 36.4 Å². The molecule has 0 aliphatic carbocycles. The van der Waals surface area contributed by atoms with Crippen molar-refractivity contribution < 1.29 is 17.6 Å². The molecule has 0 heterocycles. The summed E-state index contributed by atoms with van der Waals surface area (Å²) in [5.74, 6) is -0.800. The molecule has 24 heavy (non-hydrogen) atoms. The molecule has 0 bridgehead atoms. The summed E-state index contributed by atoms with van der Waals surface area (Å²) in [6.45, 7) is 3.87. The molecule has 5 nitrogen and oxygen atoms in total. The minimum atomic E-state index is -3.82. The smallest absolute Gasteiger partial charge is 0.261 e. The lowest BCUT2D eigenvalue weighted by Gasteiger charge is -2.09. The molecule has 0 aliphatic heterocycles. The average molecular weight is 413 g/mol. The van der Waals surface area contributed by atoms with Gasteiger partial charge in [-0.15, -0.1) is 0 Å². The summed E-state index contributed by atoms with van der Waals surface area (Å²) in [7, 11) is -3.82. The van der Waals surface area contributed by atoms with Gasteiger partial charge in [-0.05, 0) is 48.5 Å². The predicted molar refractivity (Wildman–Crippen MR) is 94.1 cm³/mol. The van der Waals surface area contributed by atoms with Gasteiger partial charge >= 0.3 is 0 Å². The van der Waals surface area contributed by atoms with Crippen molar-refractivity contribution in [1.82, 2.24) is 5.32 Å². The predicted octanol–water partition coefficient (Wildman–Crippen LogP) is 3.26. The number of carbonyl (C=O) groups excluding carboxylic acids is 1. The summed E-state index contributed by atoms with van der Waals surface area (Å²) in [6.07, 6.45) is 0. The van der Waals surface area contributed by atoms with Gasteiger partial charge in [0.05, 0.1) is 4.90 Å². The first-order chi connectivity index (χ1) is 11.3. The summed E-state index contributed by atoms with van der Waals surface area (Å²) in [5.41, 5.74) is 0.568. The van der Waals surface area contributed by atoms with E-state index in [4.69, 9.17) is 0 Å². The zero-order chi connectivity index (χ0) is 17.7. The van der Waals surface area contributed by atoms with Crippen LogP contribution < -0.4 is 10.0 Å². The third-order valence-corrected chi connectivity index (χ3v) is 4.64. The third-order valence-electron chi connectivity index (χ3n) is 2.96. The Morgan fingerprint density at radius 2 is 1.67 bits per heavy atom. The number of nitrogens with one attached hydrogen (secondary N) is 2. The van der Waals surface area contributed by atoms with Crippen LogP contribution in [0.2, 0.25) is 0 Å². The highest BCUT2D eigenvalue weighted by atomic mass is 79.9. The van der Waals surface area contributed by atoms with Gasteiger partial charge in [-0.2, -0.15) is 0 Å². The van der Waals surface area contributed by atoms with Crippen molar-refractivity contribution in [3.63, 3.8) is 0 Å². The van der Waals surface area contributed by atoms with E-state index < -0.39 is 15.8 Å². The number of hydrogen-bond acceptors (Lipinski definition) is 3. The van der Waals surface area contributed by atoms with Crippen LogP contribution >= 0.6 is 15.9 Å². The Morgan fingerprint density at radius 1 is 1.08 bits per heavy atom. The van der Waals surface area contributed by atoms with Gasteiger partial charge in [0.1, 0.15) is 5.82 Å².